The van der Waals surface area contributed by atoms with Crippen LogP contribution in [0.3, 0.4) is 0 Å². The van der Waals surface area contributed by atoms with Gasteiger partial charge in [-0.05, 0) is 38.5 Å². The number of carbonyl (C=O) groups excluding carboxylic acids is 2. The molecule has 0 bridgehead atoms. The predicted molar refractivity (Wildman–Crippen MR) is 224 cm³/mol. The van der Waals surface area contributed by atoms with E-state index >= 15 is 0 Å². The minimum absolute atomic E-state index is 0.0556. The lowest BCUT2D eigenvalue weighted by Crippen LogP contribution is -2.29. The topological polar surface area (TPSA) is 134 Å². The highest BCUT2D eigenvalue weighted by atomic mass is 31.2. The van der Waals surface area contributed by atoms with E-state index < -0.39 is 26.5 Å². The van der Waals surface area contributed by atoms with Crippen molar-refractivity contribution >= 4 is 19.8 Å². The van der Waals surface area contributed by atoms with E-state index in [1.165, 1.54) is 148 Å². The molecule has 0 aliphatic carbocycles. The molecule has 2 unspecified atom stereocenters. The number of phosphoric acid groups is 1. The van der Waals surface area contributed by atoms with Crippen LogP contribution in [-0.4, -0.2) is 49.3 Å². The molecule has 0 spiro atoms. The summed E-state index contributed by atoms with van der Waals surface area (Å²) in [5.74, 6) is -0.821. The van der Waals surface area contributed by atoms with E-state index in [0.29, 0.717) is 6.42 Å². The molecule has 3 N–H and O–H groups in total. The number of phosphoric ester groups is 1. The molecule has 0 aliphatic rings. The van der Waals surface area contributed by atoms with Crippen LogP contribution in [0.5, 0.6) is 0 Å². The quantitative estimate of drug-likeness (QED) is 0.0268. The second-order valence-corrected chi connectivity index (χ2v) is 16.7. The lowest BCUT2D eigenvalue weighted by atomic mass is 10.0. The van der Waals surface area contributed by atoms with E-state index in [0.717, 1.165) is 44.9 Å². The molecular formula is C44H86NO8P. The van der Waals surface area contributed by atoms with Gasteiger partial charge in [-0.1, -0.05) is 187 Å². The molecule has 10 heteroatoms. The minimum Gasteiger partial charge on any atom is -0.462 e. The highest BCUT2D eigenvalue weighted by Gasteiger charge is 2.26. The van der Waals surface area contributed by atoms with Crippen molar-refractivity contribution in [1.82, 2.24) is 0 Å². The van der Waals surface area contributed by atoms with Gasteiger partial charge >= 0.3 is 19.8 Å². The highest BCUT2D eigenvalue weighted by molar-refractivity contribution is 7.47. The molecule has 0 heterocycles. The third-order valence-electron chi connectivity index (χ3n) is 9.90. The maximum absolute atomic E-state index is 12.6. The summed E-state index contributed by atoms with van der Waals surface area (Å²) in [6, 6.07) is 0. The van der Waals surface area contributed by atoms with E-state index in [9.17, 15) is 19.0 Å². The summed E-state index contributed by atoms with van der Waals surface area (Å²) in [7, 11) is -4.37. The monoisotopic (exact) mass is 788 g/mol. The van der Waals surface area contributed by atoms with E-state index in [4.69, 9.17) is 24.3 Å². The molecule has 0 aromatic carbocycles. The van der Waals surface area contributed by atoms with Crippen LogP contribution >= 0.6 is 7.82 Å². The first-order valence-corrected chi connectivity index (χ1v) is 24.2. The van der Waals surface area contributed by atoms with Crippen molar-refractivity contribution in [3.8, 4) is 0 Å². The fourth-order valence-electron chi connectivity index (χ4n) is 6.51. The van der Waals surface area contributed by atoms with Crippen molar-refractivity contribution in [3.05, 3.63) is 12.2 Å². The van der Waals surface area contributed by atoms with Crippen LogP contribution in [0, 0.1) is 0 Å². The van der Waals surface area contributed by atoms with Gasteiger partial charge in [-0.25, -0.2) is 4.57 Å². The van der Waals surface area contributed by atoms with Crippen LogP contribution in [0.15, 0.2) is 12.2 Å². The Bertz CT molecular complexity index is 902. The van der Waals surface area contributed by atoms with Crippen molar-refractivity contribution in [2.75, 3.05) is 26.4 Å². The molecule has 0 aromatic heterocycles. The van der Waals surface area contributed by atoms with Crippen LogP contribution in [0.1, 0.15) is 226 Å². The summed E-state index contributed by atoms with van der Waals surface area (Å²) in [4.78, 5) is 34.9. The molecule has 0 amide bonds. The Hall–Kier alpha value is -1.25. The van der Waals surface area contributed by atoms with Crippen LogP contribution < -0.4 is 5.73 Å². The molecule has 54 heavy (non-hydrogen) atoms. The maximum atomic E-state index is 12.6. The van der Waals surface area contributed by atoms with Gasteiger partial charge in [-0.2, -0.15) is 0 Å². The number of nitrogens with two attached hydrogens (primary N) is 1. The normalized spacial score (nSPS) is 13.3. The lowest BCUT2D eigenvalue weighted by Gasteiger charge is -2.19. The van der Waals surface area contributed by atoms with E-state index in [-0.39, 0.29) is 38.6 Å². The van der Waals surface area contributed by atoms with Crippen molar-refractivity contribution < 1.29 is 37.6 Å². The number of carbonyl (C=O) groups is 2. The largest absolute Gasteiger partial charge is 0.472 e. The number of hydrogen-bond acceptors (Lipinski definition) is 8. The fourth-order valence-corrected chi connectivity index (χ4v) is 7.28. The van der Waals surface area contributed by atoms with Gasteiger partial charge in [0.1, 0.15) is 6.61 Å². The second kappa shape index (κ2) is 41.4. The van der Waals surface area contributed by atoms with Gasteiger partial charge in [-0.15, -0.1) is 0 Å². The van der Waals surface area contributed by atoms with Gasteiger partial charge < -0.3 is 20.1 Å². The van der Waals surface area contributed by atoms with Gasteiger partial charge in [0.2, 0.25) is 0 Å². The Morgan fingerprint density at radius 2 is 0.907 bits per heavy atom. The molecular weight excluding hydrogens is 701 g/mol. The van der Waals surface area contributed by atoms with E-state index in [1.807, 2.05) is 0 Å². The molecule has 9 nitrogen and oxygen atoms in total. The molecule has 320 valence electrons. The average Bonchev–Trinajstić information content (AvgIpc) is 3.16. The van der Waals surface area contributed by atoms with Gasteiger partial charge in [0.15, 0.2) is 6.10 Å². The first-order chi connectivity index (χ1) is 26.3. The highest BCUT2D eigenvalue weighted by Crippen LogP contribution is 2.43. The zero-order valence-corrected chi connectivity index (χ0v) is 36.1. The zero-order valence-electron chi connectivity index (χ0n) is 35.2. The SMILES string of the molecule is CCCCCCCC/C=C\CCCCCCCCCC(=O)OC(COC(=O)CCCCCCCCCCCCCCCCCC)COP(=O)(O)OCCN. The van der Waals surface area contributed by atoms with Crippen molar-refractivity contribution in [2.45, 2.75) is 232 Å². The van der Waals surface area contributed by atoms with Crippen LogP contribution in [0.2, 0.25) is 0 Å². The minimum atomic E-state index is -4.37. The standard InChI is InChI=1S/C44H86NO8P/c1-3-5-7-9-11-13-15-17-19-21-23-25-27-29-31-33-35-37-44(47)53-42(41-52-54(48,49)51-39-38-45)40-50-43(46)36-34-32-30-28-26-24-22-20-18-16-14-12-10-8-6-4-2/h17,19,42H,3-16,18,20-41,45H2,1-2H3,(H,48,49)/b19-17-. The molecule has 0 aromatic rings. The van der Waals surface area contributed by atoms with Gasteiger partial charge in [0.05, 0.1) is 13.2 Å². The predicted octanol–water partition coefficient (Wildman–Crippen LogP) is 13.0. The first kappa shape index (κ1) is 52.8. The Kier molecular flexibility index (Phi) is 40.4. The van der Waals surface area contributed by atoms with Crippen molar-refractivity contribution in [1.29, 1.82) is 0 Å². The fraction of sp³-hybridized carbons (Fsp3) is 0.909. The van der Waals surface area contributed by atoms with Crippen LogP contribution in [0.4, 0.5) is 0 Å². The number of allylic oxidation sites excluding steroid dienone is 2. The average molecular weight is 788 g/mol. The summed E-state index contributed by atoms with van der Waals surface area (Å²) >= 11 is 0. The Balaban J connectivity index is 4.10. The maximum Gasteiger partial charge on any atom is 0.472 e. The van der Waals surface area contributed by atoms with E-state index in [2.05, 4.69) is 26.0 Å². The Labute approximate surface area is 332 Å². The number of esters is 2. The van der Waals surface area contributed by atoms with E-state index in [1.54, 1.807) is 0 Å². The van der Waals surface area contributed by atoms with Crippen LogP contribution in [0.25, 0.3) is 0 Å². The smallest absolute Gasteiger partial charge is 0.462 e. The van der Waals surface area contributed by atoms with Gasteiger partial charge in [0.25, 0.3) is 0 Å². The third-order valence-corrected chi connectivity index (χ3v) is 10.9. The molecule has 0 saturated heterocycles. The van der Waals surface area contributed by atoms with Gasteiger partial charge in [0, 0.05) is 19.4 Å². The first-order valence-electron chi connectivity index (χ1n) is 22.7. The van der Waals surface area contributed by atoms with Gasteiger partial charge in [-0.3, -0.25) is 18.6 Å². The molecule has 0 saturated carbocycles. The summed E-state index contributed by atoms with van der Waals surface area (Å²) in [6.45, 7) is 3.76. The second-order valence-electron chi connectivity index (χ2n) is 15.3. The number of unbranched alkanes of at least 4 members (excludes halogenated alkanes) is 28. The van der Waals surface area contributed by atoms with Crippen molar-refractivity contribution in [3.63, 3.8) is 0 Å². The summed E-state index contributed by atoms with van der Waals surface area (Å²) in [5, 5.41) is 0. The molecule has 0 fully saturated rings. The molecule has 0 radical (unpaired) electrons. The Morgan fingerprint density at radius 1 is 0.537 bits per heavy atom. The summed E-state index contributed by atoms with van der Waals surface area (Å²) in [6.07, 6.45) is 42.4. The number of rotatable bonds is 43. The van der Waals surface area contributed by atoms with Crippen LogP contribution in [-0.2, 0) is 32.7 Å². The zero-order chi connectivity index (χ0) is 39.6. The number of hydrogen-bond donors (Lipinski definition) is 2. The van der Waals surface area contributed by atoms with Crippen molar-refractivity contribution in [2.24, 2.45) is 5.73 Å². The third kappa shape index (κ3) is 40.4. The molecule has 2 atom stereocenters. The summed E-state index contributed by atoms with van der Waals surface area (Å²) in [5.41, 5.74) is 5.35. The lowest BCUT2D eigenvalue weighted by molar-refractivity contribution is -0.161. The Morgan fingerprint density at radius 3 is 1.31 bits per heavy atom. The molecule has 0 aliphatic heterocycles. The number of ether oxygens (including phenoxy) is 2. The molecule has 0 rings (SSSR count). The summed E-state index contributed by atoms with van der Waals surface area (Å²) < 4.78 is 32.8.